The average molecular weight is 413 g/mol. The van der Waals surface area contributed by atoms with E-state index in [2.05, 4.69) is 16.0 Å². The van der Waals surface area contributed by atoms with Crippen LogP contribution in [0.15, 0.2) is 53.4 Å². The van der Waals surface area contributed by atoms with Crippen LogP contribution >= 0.6 is 11.8 Å². The number of hydrogen-bond donors (Lipinski definition) is 3. The van der Waals surface area contributed by atoms with Crippen molar-refractivity contribution in [2.45, 2.75) is 24.7 Å². The second-order valence-electron chi connectivity index (χ2n) is 6.47. The Balaban J connectivity index is 1.53. The normalized spacial score (nSPS) is 12.7. The first-order valence-electron chi connectivity index (χ1n) is 9.54. The molecular formula is C21H24N4O3S. The molecule has 0 aliphatic carbocycles. The molecule has 0 unspecified atom stereocenters. The summed E-state index contributed by atoms with van der Waals surface area (Å²) in [6, 6.07) is 14.4. The van der Waals surface area contributed by atoms with Crippen LogP contribution in [0.4, 0.5) is 21.9 Å². The summed E-state index contributed by atoms with van der Waals surface area (Å²) in [4.78, 5) is 39.4. The molecule has 0 fully saturated rings. The van der Waals surface area contributed by atoms with E-state index < -0.39 is 0 Å². The summed E-state index contributed by atoms with van der Waals surface area (Å²) in [7, 11) is 0. The molecule has 0 radical (unpaired) electrons. The standard InChI is InChI=1S/C21H24N4O3S/c1-2-22-21(28)24-16-7-5-6-15(14-16)23-19(26)10-11-20(27)25-12-13-29-18-9-4-3-8-17(18)25/h3-9,14H,2,10-13H2,1H3,(H,23,26)(H2,22,24,28). The van der Waals surface area contributed by atoms with Crippen molar-refractivity contribution in [1.29, 1.82) is 0 Å². The van der Waals surface area contributed by atoms with Gasteiger partial charge in [-0.15, -0.1) is 11.8 Å². The van der Waals surface area contributed by atoms with Crippen molar-refractivity contribution in [2.24, 2.45) is 0 Å². The van der Waals surface area contributed by atoms with Crippen LogP contribution in [-0.4, -0.2) is 36.7 Å². The minimum Gasteiger partial charge on any atom is -0.338 e. The van der Waals surface area contributed by atoms with Gasteiger partial charge in [0.1, 0.15) is 0 Å². The number of urea groups is 1. The summed E-state index contributed by atoms with van der Waals surface area (Å²) in [5.74, 6) is 0.549. The van der Waals surface area contributed by atoms with Crippen LogP contribution in [0.2, 0.25) is 0 Å². The highest BCUT2D eigenvalue weighted by Gasteiger charge is 2.22. The fourth-order valence-electron chi connectivity index (χ4n) is 3.02. The van der Waals surface area contributed by atoms with Crippen molar-refractivity contribution >= 4 is 46.7 Å². The van der Waals surface area contributed by atoms with E-state index in [-0.39, 0.29) is 30.7 Å². The van der Waals surface area contributed by atoms with Crippen LogP contribution in [0, 0.1) is 0 Å². The molecule has 1 aliphatic heterocycles. The number of rotatable bonds is 6. The number of carbonyl (C=O) groups excluding carboxylic acids is 3. The van der Waals surface area contributed by atoms with E-state index in [4.69, 9.17) is 0 Å². The van der Waals surface area contributed by atoms with Crippen molar-refractivity contribution in [3.05, 3.63) is 48.5 Å². The highest BCUT2D eigenvalue weighted by molar-refractivity contribution is 7.99. The molecule has 0 saturated heterocycles. The maximum Gasteiger partial charge on any atom is 0.319 e. The fraction of sp³-hybridized carbons (Fsp3) is 0.286. The Kier molecular flexibility index (Phi) is 7.13. The maximum atomic E-state index is 12.6. The molecule has 0 bridgehead atoms. The maximum absolute atomic E-state index is 12.6. The lowest BCUT2D eigenvalue weighted by Gasteiger charge is -2.29. The average Bonchev–Trinajstić information content (AvgIpc) is 2.72. The Morgan fingerprint density at radius 3 is 2.55 bits per heavy atom. The van der Waals surface area contributed by atoms with Crippen molar-refractivity contribution in [1.82, 2.24) is 5.32 Å². The third-order valence-electron chi connectivity index (χ3n) is 4.34. The van der Waals surface area contributed by atoms with Gasteiger partial charge < -0.3 is 20.9 Å². The summed E-state index contributed by atoms with van der Waals surface area (Å²) >= 11 is 1.74. The third-order valence-corrected chi connectivity index (χ3v) is 5.38. The summed E-state index contributed by atoms with van der Waals surface area (Å²) in [6.07, 6.45) is 0.236. The minimum atomic E-state index is -0.304. The van der Waals surface area contributed by atoms with Gasteiger partial charge in [-0.05, 0) is 37.3 Å². The Morgan fingerprint density at radius 2 is 1.76 bits per heavy atom. The van der Waals surface area contributed by atoms with Gasteiger partial charge in [0.25, 0.3) is 0 Å². The Hall–Kier alpha value is -3.00. The second-order valence-corrected chi connectivity index (χ2v) is 7.61. The molecule has 4 amide bonds. The first-order valence-corrected chi connectivity index (χ1v) is 10.5. The Bertz CT molecular complexity index is 903. The molecule has 2 aromatic carbocycles. The van der Waals surface area contributed by atoms with Crippen LogP contribution in [0.3, 0.4) is 0 Å². The number of fused-ring (bicyclic) bond motifs is 1. The molecule has 29 heavy (non-hydrogen) atoms. The van der Waals surface area contributed by atoms with Crippen molar-refractivity contribution in [3.63, 3.8) is 0 Å². The fourth-order valence-corrected chi connectivity index (χ4v) is 4.01. The highest BCUT2D eigenvalue weighted by atomic mass is 32.2. The zero-order valence-corrected chi connectivity index (χ0v) is 17.1. The molecule has 8 heteroatoms. The number of benzene rings is 2. The van der Waals surface area contributed by atoms with Gasteiger partial charge in [0.05, 0.1) is 5.69 Å². The predicted molar refractivity (Wildman–Crippen MR) is 117 cm³/mol. The zero-order chi connectivity index (χ0) is 20.6. The molecule has 1 heterocycles. The minimum absolute atomic E-state index is 0.0560. The first-order chi connectivity index (χ1) is 14.1. The number of thioether (sulfide) groups is 1. The molecule has 0 spiro atoms. The van der Waals surface area contributed by atoms with Crippen LogP contribution < -0.4 is 20.9 Å². The molecule has 0 aromatic heterocycles. The van der Waals surface area contributed by atoms with Crippen LogP contribution in [0.5, 0.6) is 0 Å². The molecule has 3 N–H and O–H groups in total. The van der Waals surface area contributed by atoms with Gasteiger partial charge in [-0.25, -0.2) is 4.79 Å². The van der Waals surface area contributed by atoms with E-state index in [0.29, 0.717) is 24.5 Å². The first kappa shape index (κ1) is 20.7. The number of nitrogens with one attached hydrogen (secondary N) is 3. The van der Waals surface area contributed by atoms with Gasteiger partial charge in [-0.3, -0.25) is 9.59 Å². The molecule has 7 nitrogen and oxygen atoms in total. The van der Waals surface area contributed by atoms with E-state index >= 15 is 0 Å². The number of anilines is 3. The van der Waals surface area contributed by atoms with E-state index in [1.54, 1.807) is 40.9 Å². The van der Waals surface area contributed by atoms with E-state index in [9.17, 15) is 14.4 Å². The van der Waals surface area contributed by atoms with Gasteiger partial charge in [0.15, 0.2) is 0 Å². The lowest BCUT2D eigenvalue weighted by molar-refractivity contribution is -0.122. The molecule has 0 saturated carbocycles. The van der Waals surface area contributed by atoms with Gasteiger partial charge in [-0.1, -0.05) is 18.2 Å². The third kappa shape index (κ3) is 5.74. The number of carbonyl (C=O) groups is 3. The number of amides is 4. The van der Waals surface area contributed by atoms with Gasteiger partial charge in [-0.2, -0.15) is 0 Å². The summed E-state index contributed by atoms with van der Waals surface area (Å²) in [5.41, 5.74) is 2.06. The molecule has 3 rings (SSSR count). The molecule has 2 aromatic rings. The van der Waals surface area contributed by atoms with Crippen molar-refractivity contribution in [2.75, 3.05) is 34.4 Å². The molecule has 1 aliphatic rings. The molecular weight excluding hydrogens is 388 g/mol. The molecule has 0 atom stereocenters. The van der Waals surface area contributed by atoms with E-state index in [1.807, 2.05) is 31.2 Å². The predicted octanol–water partition coefficient (Wildman–Crippen LogP) is 3.69. The smallest absolute Gasteiger partial charge is 0.319 e. The van der Waals surface area contributed by atoms with Gasteiger partial charge >= 0.3 is 6.03 Å². The Labute approximate surface area is 174 Å². The van der Waals surface area contributed by atoms with E-state index in [1.165, 1.54) is 0 Å². The van der Waals surface area contributed by atoms with Gasteiger partial charge in [0, 0.05) is 48.0 Å². The van der Waals surface area contributed by atoms with Crippen LogP contribution in [0.1, 0.15) is 19.8 Å². The van der Waals surface area contributed by atoms with Gasteiger partial charge in [0.2, 0.25) is 11.8 Å². The summed E-state index contributed by atoms with van der Waals surface area (Å²) in [6.45, 7) is 3.00. The van der Waals surface area contributed by atoms with E-state index in [0.717, 1.165) is 16.3 Å². The summed E-state index contributed by atoms with van der Waals surface area (Å²) in [5, 5.41) is 8.12. The van der Waals surface area contributed by atoms with Crippen LogP contribution in [-0.2, 0) is 9.59 Å². The second kappa shape index (κ2) is 9.97. The number of hydrogen-bond acceptors (Lipinski definition) is 4. The zero-order valence-electron chi connectivity index (χ0n) is 16.2. The Morgan fingerprint density at radius 1 is 1.00 bits per heavy atom. The summed E-state index contributed by atoms with van der Waals surface area (Å²) < 4.78 is 0. The SMILES string of the molecule is CCNC(=O)Nc1cccc(NC(=O)CCC(=O)N2CCSc3ccccc32)c1. The highest BCUT2D eigenvalue weighted by Crippen LogP contribution is 2.34. The van der Waals surface area contributed by atoms with Crippen LogP contribution in [0.25, 0.3) is 0 Å². The van der Waals surface area contributed by atoms with Crippen molar-refractivity contribution < 1.29 is 14.4 Å². The lowest BCUT2D eigenvalue weighted by atomic mass is 10.2. The molecule has 152 valence electrons. The number of para-hydroxylation sites is 1. The monoisotopic (exact) mass is 412 g/mol. The number of nitrogens with zero attached hydrogens (tertiary/aromatic N) is 1. The quantitative estimate of drug-likeness (QED) is 0.675. The largest absolute Gasteiger partial charge is 0.338 e. The lowest BCUT2D eigenvalue weighted by Crippen LogP contribution is -2.35. The topological polar surface area (TPSA) is 90.5 Å². The van der Waals surface area contributed by atoms with Crippen molar-refractivity contribution in [3.8, 4) is 0 Å².